The van der Waals surface area contributed by atoms with Gasteiger partial charge in [-0.3, -0.25) is 4.79 Å². The van der Waals surface area contributed by atoms with Crippen molar-refractivity contribution in [2.24, 2.45) is 0 Å². The molecule has 1 saturated heterocycles. The summed E-state index contributed by atoms with van der Waals surface area (Å²) in [5.41, 5.74) is 2.08. The van der Waals surface area contributed by atoms with E-state index in [1.54, 1.807) is 19.2 Å². The third-order valence-electron chi connectivity index (χ3n) is 4.56. The van der Waals surface area contributed by atoms with Gasteiger partial charge >= 0.3 is 6.03 Å². The molecule has 30 heavy (non-hydrogen) atoms. The molecule has 0 saturated carbocycles. The Morgan fingerprint density at radius 1 is 0.967 bits per heavy atom. The van der Waals surface area contributed by atoms with Crippen LogP contribution in [-0.2, 0) is 4.79 Å². The maximum atomic E-state index is 11.9. The molecule has 3 aromatic carbocycles. The van der Waals surface area contributed by atoms with E-state index in [1.807, 2.05) is 36.4 Å². The number of halogens is 2. The van der Waals surface area contributed by atoms with Crippen molar-refractivity contribution in [3.8, 4) is 28.4 Å². The fourth-order valence-electron chi connectivity index (χ4n) is 3.17. The van der Waals surface area contributed by atoms with Gasteiger partial charge in [0.1, 0.15) is 11.5 Å². The average molecular weight is 443 g/mol. The number of amides is 3. The summed E-state index contributed by atoms with van der Waals surface area (Å²) in [6.45, 7) is -0.0690. The van der Waals surface area contributed by atoms with E-state index in [0.29, 0.717) is 11.5 Å². The van der Waals surface area contributed by atoms with Crippen molar-refractivity contribution >= 4 is 40.8 Å². The van der Waals surface area contributed by atoms with Crippen molar-refractivity contribution in [1.82, 2.24) is 5.32 Å². The number of carbonyl (C=O) groups excluding carboxylic acids is 2. The number of nitrogens with one attached hydrogen (secondary N) is 1. The van der Waals surface area contributed by atoms with Gasteiger partial charge in [0, 0.05) is 5.56 Å². The molecule has 3 aromatic rings. The van der Waals surface area contributed by atoms with Gasteiger partial charge in [-0.2, -0.15) is 0 Å². The molecule has 3 amide bonds. The molecule has 0 unspecified atom stereocenters. The van der Waals surface area contributed by atoms with Crippen LogP contribution in [0.15, 0.2) is 60.7 Å². The number of rotatable bonds is 5. The average Bonchev–Trinajstić information content (AvgIpc) is 3.09. The van der Waals surface area contributed by atoms with Crippen molar-refractivity contribution < 1.29 is 19.1 Å². The second-order valence-electron chi connectivity index (χ2n) is 6.46. The molecule has 152 valence electrons. The van der Waals surface area contributed by atoms with Gasteiger partial charge in [0.05, 0.1) is 29.4 Å². The first-order valence-electron chi connectivity index (χ1n) is 8.99. The van der Waals surface area contributed by atoms with Crippen LogP contribution in [0.5, 0.6) is 17.2 Å². The van der Waals surface area contributed by atoms with Gasteiger partial charge in [-0.1, -0.05) is 53.5 Å². The maximum absolute atomic E-state index is 11.9. The first kappa shape index (κ1) is 20.1. The Morgan fingerprint density at radius 3 is 2.27 bits per heavy atom. The number of hydrogen-bond donors (Lipinski definition) is 1. The lowest BCUT2D eigenvalue weighted by Gasteiger charge is -2.17. The lowest BCUT2D eigenvalue weighted by molar-refractivity contribution is -0.115. The van der Waals surface area contributed by atoms with Crippen LogP contribution in [-0.4, -0.2) is 25.6 Å². The number of ether oxygens (including phenoxy) is 2. The van der Waals surface area contributed by atoms with Gasteiger partial charge in [0.25, 0.3) is 5.91 Å². The second-order valence-corrected chi connectivity index (χ2v) is 7.27. The minimum atomic E-state index is -0.525. The van der Waals surface area contributed by atoms with Crippen LogP contribution in [0.2, 0.25) is 10.0 Å². The highest BCUT2D eigenvalue weighted by atomic mass is 35.5. The third-order valence-corrected chi connectivity index (χ3v) is 5.12. The topological polar surface area (TPSA) is 67.9 Å². The molecule has 0 atom stereocenters. The zero-order valence-electron chi connectivity index (χ0n) is 15.8. The highest BCUT2D eigenvalue weighted by Gasteiger charge is 2.31. The number of hydrogen-bond acceptors (Lipinski definition) is 4. The largest absolute Gasteiger partial charge is 0.496 e. The Hall–Kier alpha value is -3.22. The van der Waals surface area contributed by atoms with Crippen LogP contribution in [0.1, 0.15) is 0 Å². The van der Waals surface area contributed by atoms with Crippen molar-refractivity contribution in [2.75, 3.05) is 18.6 Å². The molecule has 1 aliphatic heterocycles. The molecule has 0 spiro atoms. The summed E-state index contributed by atoms with van der Waals surface area (Å²) < 4.78 is 11.4. The number of urea groups is 1. The van der Waals surface area contributed by atoms with Crippen molar-refractivity contribution in [3.05, 3.63) is 70.7 Å². The molecular weight excluding hydrogens is 427 g/mol. The molecule has 1 heterocycles. The Morgan fingerprint density at radius 2 is 1.67 bits per heavy atom. The van der Waals surface area contributed by atoms with Gasteiger partial charge in [-0.15, -0.1) is 0 Å². The van der Waals surface area contributed by atoms with Crippen LogP contribution in [0.25, 0.3) is 11.1 Å². The Bertz CT molecular complexity index is 1100. The molecule has 8 heteroatoms. The van der Waals surface area contributed by atoms with Crippen LogP contribution < -0.4 is 19.7 Å². The summed E-state index contributed by atoms with van der Waals surface area (Å²) in [6, 6.07) is 17.5. The molecule has 1 N–H and O–H groups in total. The van der Waals surface area contributed by atoms with Crippen molar-refractivity contribution in [1.29, 1.82) is 0 Å². The minimum Gasteiger partial charge on any atom is -0.496 e. The summed E-state index contributed by atoms with van der Waals surface area (Å²) in [4.78, 5) is 24.8. The van der Waals surface area contributed by atoms with E-state index in [9.17, 15) is 9.59 Å². The lowest BCUT2D eigenvalue weighted by atomic mass is 10.0. The molecule has 6 nitrogen and oxygen atoms in total. The fourth-order valence-corrected chi connectivity index (χ4v) is 3.72. The Balaban J connectivity index is 1.68. The first-order valence-corrected chi connectivity index (χ1v) is 9.74. The predicted molar refractivity (Wildman–Crippen MR) is 116 cm³/mol. The van der Waals surface area contributed by atoms with E-state index in [1.165, 1.54) is 12.1 Å². The van der Waals surface area contributed by atoms with E-state index in [4.69, 9.17) is 32.7 Å². The van der Waals surface area contributed by atoms with Crippen molar-refractivity contribution in [2.45, 2.75) is 0 Å². The number of anilines is 1. The van der Waals surface area contributed by atoms with Crippen LogP contribution in [0.3, 0.4) is 0 Å². The summed E-state index contributed by atoms with van der Waals surface area (Å²) >= 11 is 12.7. The van der Waals surface area contributed by atoms with Crippen molar-refractivity contribution in [3.63, 3.8) is 0 Å². The molecule has 1 fully saturated rings. The summed E-state index contributed by atoms with van der Waals surface area (Å²) in [5, 5.41) is 2.79. The second kappa shape index (κ2) is 8.26. The number of methoxy groups -OCH3 is 1. The van der Waals surface area contributed by atoms with E-state index < -0.39 is 6.03 Å². The molecule has 4 rings (SSSR count). The fraction of sp³-hybridized carbons (Fsp3) is 0.0909. The summed E-state index contributed by atoms with van der Waals surface area (Å²) in [7, 11) is 1.60. The highest BCUT2D eigenvalue weighted by Crippen LogP contribution is 2.42. The standard InChI is InChI=1S/C22H16Cl2N2O4/c1-29-19-8-7-15(11-16(19)13-5-3-2-4-6-13)30-21-17(23)9-14(10-18(21)24)26-20(27)12-25-22(26)28/h2-11H,12H2,1H3,(H,25,28). The SMILES string of the molecule is COc1ccc(Oc2c(Cl)cc(N3C(=O)CNC3=O)cc2Cl)cc1-c1ccccc1. The van der Waals surface area contributed by atoms with Gasteiger partial charge < -0.3 is 14.8 Å². The lowest BCUT2D eigenvalue weighted by Crippen LogP contribution is -2.30. The van der Waals surface area contributed by atoms with E-state index in [-0.39, 0.29) is 33.9 Å². The Labute approximate surface area is 182 Å². The van der Waals surface area contributed by atoms with Crippen LogP contribution >= 0.6 is 23.2 Å². The van der Waals surface area contributed by atoms with E-state index in [2.05, 4.69) is 5.32 Å². The number of benzene rings is 3. The van der Waals surface area contributed by atoms with Gasteiger partial charge in [0.15, 0.2) is 5.75 Å². The van der Waals surface area contributed by atoms with Gasteiger partial charge in [-0.05, 0) is 35.9 Å². The van der Waals surface area contributed by atoms with Crippen LogP contribution in [0, 0.1) is 0 Å². The predicted octanol–water partition coefficient (Wildman–Crippen LogP) is 5.52. The number of imide groups is 1. The summed E-state index contributed by atoms with van der Waals surface area (Å²) in [6.07, 6.45) is 0. The number of carbonyl (C=O) groups is 2. The molecule has 0 bridgehead atoms. The summed E-state index contributed by atoms with van der Waals surface area (Å²) in [5.74, 6) is 1.03. The monoisotopic (exact) mass is 442 g/mol. The molecule has 0 aliphatic carbocycles. The van der Waals surface area contributed by atoms with Crippen LogP contribution in [0.4, 0.5) is 10.5 Å². The molecule has 0 aromatic heterocycles. The first-order chi connectivity index (χ1) is 14.5. The molecular formula is C22H16Cl2N2O4. The minimum absolute atomic E-state index is 0.0690. The number of nitrogens with zero attached hydrogens (tertiary/aromatic N) is 1. The zero-order valence-corrected chi connectivity index (χ0v) is 17.3. The van der Waals surface area contributed by atoms with Gasteiger partial charge in [0.2, 0.25) is 0 Å². The third kappa shape index (κ3) is 3.79. The quantitative estimate of drug-likeness (QED) is 0.528. The molecule has 1 aliphatic rings. The zero-order chi connectivity index (χ0) is 21.3. The van der Waals surface area contributed by atoms with E-state index >= 15 is 0 Å². The maximum Gasteiger partial charge on any atom is 0.329 e. The van der Waals surface area contributed by atoms with Gasteiger partial charge in [-0.25, -0.2) is 9.69 Å². The highest BCUT2D eigenvalue weighted by molar-refractivity contribution is 6.38. The smallest absolute Gasteiger partial charge is 0.329 e. The van der Waals surface area contributed by atoms with E-state index in [0.717, 1.165) is 16.0 Å². The normalized spacial score (nSPS) is 13.4. The molecule has 0 radical (unpaired) electrons. The Kier molecular flexibility index (Phi) is 5.53.